The summed E-state index contributed by atoms with van der Waals surface area (Å²) in [6.45, 7) is 3.45. The Morgan fingerprint density at radius 2 is 1.90 bits per heavy atom. The summed E-state index contributed by atoms with van der Waals surface area (Å²) in [6, 6.07) is 3.05. The first-order valence-corrected chi connectivity index (χ1v) is 3.07. The minimum absolute atomic E-state index is 0.275. The molecule has 0 atom stereocenters. The molecule has 0 fully saturated rings. The molecule has 0 amide bonds. The second-order valence-electron chi connectivity index (χ2n) is 2.34. The summed E-state index contributed by atoms with van der Waals surface area (Å²) in [6.07, 6.45) is 0. The molecule has 0 spiro atoms. The van der Waals surface area contributed by atoms with E-state index in [1.54, 1.807) is 19.9 Å². The molecule has 0 heterocycles. The Hall–Kier alpha value is -1.05. The van der Waals surface area contributed by atoms with Crippen LogP contribution >= 0.6 is 0 Å². The summed E-state index contributed by atoms with van der Waals surface area (Å²) in [5.74, 6) is -0.789. The number of phenols is 1. The molecular formula is C8H9FO. The predicted octanol–water partition coefficient (Wildman–Crippen LogP) is 2.15. The molecule has 0 bridgehead atoms. The maximum Gasteiger partial charge on any atom is 0.167 e. The van der Waals surface area contributed by atoms with Crippen molar-refractivity contribution in [2.45, 2.75) is 13.8 Å². The summed E-state index contributed by atoms with van der Waals surface area (Å²) in [4.78, 5) is 0. The SMILES string of the molecule is Cc1ccc(O)c(F)c1C. The number of halogens is 1. The van der Waals surface area contributed by atoms with Crippen molar-refractivity contribution in [2.24, 2.45) is 0 Å². The number of benzene rings is 1. The summed E-state index contributed by atoms with van der Waals surface area (Å²) in [5, 5.41) is 8.85. The van der Waals surface area contributed by atoms with Gasteiger partial charge in [-0.1, -0.05) is 6.07 Å². The molecule has 0 unspecified atom stereocenters. The first-order chi connectivity index (χ1) is 4.63. The van der Waals surface area contributed by atoms with Gasteiger partial charge in [-0.3, -0.25) is 0 Å². The highest BCUT2D eigenvalue weighted by molar-refractivity contribution is 5.34. The molecule has 0 saturated heterocycles. The van der Waals surface area contributed by atoms with E-state index < -0.39 is 5.82 Å². The normalized spacial score (nSPS) is 9.90. The Morgan fingerprint density at radius 1 is 1.30 bits per heavy atom. The van der Waals surface area contributed by atoms with Crippen LogP contribution in [0.15, 0.2) is 12.1 Å². The molecule has 1 nitrogen and oxygen atoms in total. The first-order valence-electron chi connectivity index (χ1n) is 3.07. The van der Waals surface area contributed by atoms with Gasteiger partial charge < -0.3 is 5.11 Å². The number of phenolic OH excluding ortho intramolecular Hbond substituents is 1. The lowest BCUT2D eigenvalue weighted by molar-refractivity contribution is 0.429. The van der Waals surface area contributed by atoms with Crippen molar-refractivity contribution >= 4 is 0 Å². The quantitative estimate of drug-likeness (QED) is 0.585. The summed E-state index contributed by atoms with van der Waals surface area (Å²) in [7, 11) is 0. The summed E-state index contributed by atoms with van der Waals surface area (Å²) >= 11 is 0. The topological polar surface area (TPSA) is 20.2 Å². The average molecular weight is 140 g/mol. The van der Waals surface area contributed by atoms with Crippen LogP contribution in [0.5, 0.6) is 5.75 Å². The Morgan fingerprint density at radius 3 is 2.40 bits per heavy atom. The van der Waals surface area contributed by atoms with Crippen LogP contribution in [0.1, 0.15) is 11.1 Å². The van der Waals surface area contributed by atoms with Crippen LogP contribution in [-0.2, 0) is 0 Å². The van der Waals surface area contributed by atoms with Crippen LogP contribution < -0.4 is 0 Å². The molecule has 0 aliphatic rings. The van der Waals surface area contributed by atoms with Crippen molar-refractivity contribution in [1.82, 2.24) is 0 Å². The first kappa shape index (κ1) is 7.06. The zero-order valence-corrected chi connectivity index (χ0v) is 5.98. The second kappa shape index (κ2) is 2.29. The van der Waals surface area contributed by atoms with E-state index in [1.807, 2.05) is 0 Å². The Labute approximate surface area is 59.1 Å². The third-order valence-electron chi connectivity index (χ3n) is 1.64. The van der Waals surface area contributed by atoms with Crippen LogP contribution in [0, 0.1) is 19.7 Å². The molecule has 1 aromatic carbocycles. The van der Waals surface area contributed by atoms with Crippen LogP contribution in [0.3, 0.4) is 0 Å². The van der Waals surface area contributed by atoms with Crippen LogP contribution in [0.25, 0.3) is 0 Å². The van der Waals surface area contributed by atoms with E-state index in [1.165, 1.54) is 6.07 Å². The Balaban J connectivity index is 3.34. The molecule has 10 heavy (non-hydrogen) atoms. The van der Waals surface area contributed by atoms with Crippen molar-refractivity contribution in [3.05, 3.63) is 29.1 Å². The van der Waals surface area contributed by atoms with E-state index >= 15 is 0 Å². The average Bonchev–Trinajstić information content (AvgIpc) is 1.93. The Kier molecular flexibility index (Phi) is 1.62. The van der Waals surface area contributed by atoms with Gasteiger partial charge >= 0.3 is 0 Å². The summed E-state index contributed by atoms with van der Waals surface area (Å²) in [5.41, 5.74) is 1.37. The van der Waals surface area contributed by atoms with Crippen molar-refractivity contribution < 1.29 is 9.50 Å². The fourth-order valence-corrected chi connectivity index (χ4v) is 0.767. The second-order valence-corrected chi connectivity index (χ2v) is 2.34. The number of aromatic hydroxyl groups is 1. The Bertz CT molecular complexity index is 229. The molecule has 2 heteroatoms. The highest BCUT2D eigenvalue weighted by atomic mass is 19.1. The molecule has 1 N–H and O–H groups in total. The molecule has 0 radical (unpaired) electrons. The van der Waals surface area contributed by atoms with Gasteiger partial charge in [0.25, 0.3) is 0 Å². The fourth-order valence-electron chi connectivity index (χ4n) is 0.767. The smallest absolute Gasteiger partial charge is 0.167 e. The number of hydrogen-bond donors (Lipinski definition) is 1. The van der Waals surface area contributed by atoms with Gasteiger partial charge in [-0.2, -0.15) is 0 Å². The van der Waals surface area contributed by atoms with E-state index in [2.05, 4.69) is 0 Å². The lowest BCUT2D eigenvalue weighted by Crippen LogP contribution is -1.86. The van der Waals surface area contributed by atoms with E-state index in [-0.39, 0.29) is 5.75 Å². The largest absolute Gasteiger partial charge is 0.505 e. The predicted molar refractivity (Wildman–Crippen MR) is 37.5 cm³/mol. The van der Waals surface area contributed by atoms with E-state index in [0.717, 1.165) is 5.56 Å². The van der Waals surface area contributed by atoms with Gasteiger partial charge in [-0.25, -0.2) is 4.39 Å². The van der Waals surface area contributed by atoms with Crippen LogP contribution in [0.4, 0.5) is 4.39 Å². The minimum atomic E-state index is -0.514. The lowest BCUT2D eigenvalue weighted by Gasteiger charge is -2.01. The van der Waals surface area contributed by atoms with Crippen molar-refractivity contribution in [3.8, 4) is 5.75 Å². The van der Waals surface area contributed by atoms with Gasteiger partial charge in [0, 0.05) is 0 Å². The highest BCUT2D eigenvalue weighted by Gasteiger charge is 2.04. The van der Waals surface area contributed by atoms with Gasteiger partial charge in [0.1, 0.15) is 0 Å². The monoisotopic (exact) mass is 140 g/mol. The van der Waals surface area contributed by atoms with Gasteiger partial charge in [0.15, 0.2) is 11.6 Å². The number of rotatable bonds is 0. The van der Waals surface area contributed by atoms with Gasteiger partial charge in [0.05, 0.1) is 0 Å². The van der Waals surface area contributed by atoms with Gasteiger partial charge in [0.2, 0.25) is 0 Å². The standard InChI is InChI=1S/C8H9FO/c1-5-3-4-7(10)8(9)6(5)2/h3-4,10H,1-2H3. The molecule has 1 rings (SSSR count). The van der Waals surface area contributed by atoms with E-state index in [9.17, 15) is 4.39 Å². The van der Waals surface area contributed by atoms with Crippen molar-refractivity contribution in [2.75, 3.05) is 0 Å². The number of aryl methyl sites for hydroxylation is 1. The van der Waals surface area contributed by atoms with Crippen LogP contribution in [-0.4, -0.2) is 5.11 Å². The third-order valence-corrected chi connectivity index (χ3v) is 1.64. The van der Waals surface area contributed by atoms with Crippen molar-refractivity contribution in [1.29, 1.82) is 0 Å². The lowest BCUT2D eigenvalue weighted by atomic mass is 10.1. The van der Waals surface area contributed by atoms with E-state index in [4.69, 9.17) is 5.11 Å². The molecule has 0 aliphatic carbocycles. The molecule has 1 aromatic rings. The zero-order valence-electron chi connectivity index (χ0n) is 5.98. The minimum Gasteiger partial charge on any atom is -0.505 e. The third kappa shape index (κ3) is 0.967. The molecule has 54 valence electrons. The fraction of sp³-hybridized carbons (Fsp3) is 0.250. The van der Waals surface area contributed by atoms with Gasteiger partial charge in [-0.05, 0) is 31.0 Å². The van der Waals surface area contributed by atoms with E-state index in [0.29, 0.717) is 5.56 Å². The number of hydrogen-bond acceptors (Lipinski definition) is 1. The van der Waals surface area contributed by atoms with Gasteiger partial charge in [-0.15, -0.1) is 0 Å². The molecule has 0 saturated carbocycles. The molecule has 0 aliphatic heterocycles. The van der Waals surface area contributed by atoms with Crippen molar-refractivity contribution in [3.63, 3.8) is 0 Å². The molecule has 0 aromatic heterocycles. The molecular weight excluding hydrogens is 131 g/mol. The zero-order chi connectivity index (χ0) is 7.72. The summed E-state index contributed by atoms with van der Waals surface area (Å²) < 4.78 is 12.7. The maximum absolute atomic E-state index is 12.7. The maximum atomic E-state index is 12.7. The van der Waals surface area contributed by atoms with Crippen LogP contribution in [0.2, 0.25) is 0 Å². The highest BCUT2D eigenvalue weighted by Crippen LogP contribution is 2.20.